The van der Waals surface area contributed by atoms with Gasteiger partial charge in [0.15, 0.2) is 11.0 Å². The van der Waals surface area contributed by atoms with Gasteiger partial charge in [-0.15, -0.1) is 10.2 Å². The maximum atomic E-state index is 12.3. The molecule has 0 aliphatic rings. The average molecular weight is 467 g/mol. The monoisotopic (exact) mass is 466 g/mol. The van der Waals surface area contributed by atoms with E-state index in [1.54, 1.807) is 4.68 Å². The summed E-state index contributed by atoms with van der Waals surface area (Å²) in [5.41, 5.74) is 4.82. The van der Waals surface area contributed by atoms with Crippen LogP contribution in [0.4, 0.5) is 0 Å². The first-order valence-electron chi connectivity index (χ1n) is 10.1. The Morgan fingerprint density at radius 3 is 2.59 bits per heavy atom. The summed E-state index contributed by atoms with van der Waals surface area (Å²) in [7, 11) is 3.78. The molecule has 0 spiro atoms. The standard InChI is InChI=1S/C23H23ClN6OS/c1-15-8-10-16(11-9-15)21-18(13-29(2)28-21)22-26-27-23(30(22)3)32-14-20(31)25-12-17-6-4-5-7-19(17)24/h4-11,13H,12,14H2,1-3H3,(H,25,31). The Morgan fingerprint density at radius 1 is 1.09 bits per heavy atom. The van der Waals surface area contributed by atoms with Gasteiger partial charge in [0.1, 0.15) is 5.69 Å². The third kappa shape index (κ3) is 4.87. The predicted molar refractivity (Wildman–Crippen MR) is 127 cm³/mol. The van der Waals surface area contributed by atoms with Crippen LogP contribution in [-0.4, -0.2) is 36.2 Å². The summed E-state index contributed by atoms with van der Waals surface area (Å²) in [6.45, 7) is 2.44. The lowest BCUT2D eigenvalue weighted by atomic mass is 10.1. The van der Waals surface area contributed by atoms with Crippen LogP contribution >= 0.6 is 23.4 Å². The quantitative estimate of drug-likeness (QED) is 0.412. The molecule has 0 aliphatic heterocycles. The maximum Gasteiger partial charge on any atom is 0.230 e. The van der Waals surface area contributed by atoms with E-state index in [-0.39, 0.29) is 11.7 Å². The van der Waals surface area contributed by atoms with E-state index < -0.39 is 0 Å². The van der Waals surface area contributed by atoms with Crippen LogP contribution in [0.2, 0.25) is 5.02 Å². The molecule has 32 heavy (non-hydrogen) atoms. The van der Waals surface area contributed by atoms with Crippen molar-refractivity contribution in [2.45, 2.75) is 18.6 Å². The van der Waals surface area contributed by atoms with Gasteiger partial charge in [-0.3, -0.25) is 9.48 Å². The fraction of sp³-hybridized carbons (Fsp3) is 0.217. The van der Waals surface area contributed by atoms with Crippen molar-refractivity contribution < 1.29 is 4.79 Å². The van der Waals surface area contributed by atoms with Crippen LogP contribution in [0.15, 0.2) is 59.9 Å². The molecule has 0 fully saturated rings. The highest BCUT2D eigenvalue weighted by Gasteiger charge is 2.19. The van der Waals surface area contributed by atoms with Crippen molar-refractivity contribution >= 4 is 29.3 Å². The van der Waals surface area contributed by atoms with Crippen LogP contribution < -0.4 is 5.32 Å². The van der Waals surface area contributed by atoms with E-state index >= 15 is 0 Å². The summed E-state index contributed by atoms with van der Waals surface area (Å²) < 4.78 is 3.66. The third-order valence-corrected chi connectivity index (χ3v) is 6.38. The molecule has 9 heteroatoms. The van der Waals surface area contributed by atoms with Gasteiger partial charge in [0.2, 0.25) is 5.91 Å². The topological polar surface area (TPSA) is 77.6 Å². The molecule has 0 saturated carbocycles. The number of carbonyl (C=O) groups excluding carboxylic acids is 1. The number of amides is 1. The summed E-state index contributed by atoms with van der Waals surface area (Å²) in [5.74, 6) is 0.836. The minimum absolute atomic E-state index is 0.0961. The average Bonchev–Trinajstić information content (AvgIpc) is 3.34. The minimum atomic E-state index is -0.0961. The maximum absolute atomic E-state index is 12.3. The molecule has 4 aromatic rings. The van der Waals surface area contributed by atoms with Crippen LogP contribution in [0.1, 0.15) is 11.1 Å². The van der Waals surface area contributed by atoms with Crippen molar-refractivity contribution in [2.75, 3.05) is 5.75 Å². The molecule has 4 rings (SSSR count). The highest BCUT2D eigenvalue weighted by atomic mass is 35.5. The van der Waals surface area contributed by atoms with Crippen LogP contribution in [0, 0.1) is 6.92 Å². The summed E-state index contributed by atoms with van der Waals surface area (Å²) in [6.07, 6.45) is 1.93. The van der Waals surface area contributed by atoms with Crippen molar-refractivity contribution in [2.24, 2.45) is 14.1 Å². The first-order chi connectivity index (χ1) is 15.4. The van der Waals surface area contributed by atoms with E-state index in [9.17, 15) is 4.79 Å². The Labute approximate surface area is 195 Å². The van der Waals surface area contributed by atoms with Crippen LogP contribution in [0.5, 0.6) is 0 Å². The normalized spacial score (nSPS) is 11.0. The van der Waals surface area contributed by atoms with Gasteiger partial charge in [-0.2, -0.15) is 5.10 Å². The van der Waals surface area contributed by atoms with Gasteiger partial charge in [-0.1, -0.05) is 71.4 Å². The summed E-state index contributed by atoms with van der Waals surface area (Å²) in [4.78, 5) is 12.3. The molecule has 0 unspecified atom stereocenters. The molecule has 1 N–H and O–H groups in total. The number of aryl methyl sites for hydroxylation is 2. The van der Waals surface area contributed by atoms with Gasteiger partial charge in [0, 0.05) is 37.4 Å². The Bertz CT molecular complexity index is 1250. The summed E-state index contributed by atoms with van der Waals surface area (Å²) in [5, 5.41) is 17.5. The zero-order chi connectivity index (χ0) is 22.7. The number of carbonyl (C=O) groups is 1. The fourth-order valence-corrected chi connectivity index (χ4v) is 4.21. The molecular formula is C23H23ClN6OS. The number of benzene rings is 2. The van der Waals surface area contributed by atoms with Crippen LogP contribution in [0.3, 0.4) is 0 Å². The fourth-order valence-electron chi connectivity index (χ4n) is 3.27. The molecule has 0 bridgehead atoms. The van der Waals surface area contributed by atoms with Gasteiger partial charge < -0.3 is 9.88 Å². The number of nitrogens with one attached hydrogen (secondary N) is 1. The zero-order valence-electron chi connectivity index (χ0n) is 18.0. The molecule has 0 atom stereocenters. The molecular weight excluding hydrogens is 444 g/mol. The number of nitrogens with zero attached hydrogens (tertiary/aromatic N) is 5. The number of halogens is 1. The number of thioether (sulfide) groups is 1. The third-order valence-electron chi connectivity index (χ3n) is 5.00. The van der Waals surface area contributed by atoms with Crippen LogP contribution in [0.25, 0.3) is 22.6 Å². The van der Waals surface area contributed by atoms with Crippen molar-refractivity contribution in [1.29, 1.82) is 0 Å². The molecule has 1 amide bonds. The number of aromatic nitrogens is 5. The summed E-state index contributed by atoms with van der Waals surface area (Å²) in [6, 6.07) is 15.7. The molecule has 2 heterocycles. The van der Waals surface area contributed by atoms with E-state index in [0.29, 0.717) is 22.5 Å². The lowest BCUT2D eigenvalue weighted by Crippen LogP contribution is -2.24. The van der Waals surface area contributed by atoms with E-state index in [2.05, 4.69) is 51.8 Å². The smallest absolute Gasteiger partial charge is 0.230 e. The van der Waals surface area contributed by atoms with Crippen LogP contribution in [-0.2, 0) is 25.4 Å². The lowest BCUT2D eigenvalue weighted by molar-refractivity contribution is -0.118. The van der Waals surface area contributed by atoms with E-state index in [0.717, 1.165) is 22.4 Å². The lowest BCUT2D eigenvalue weighted by Gasteiger charge is -2.07. The largest absolute Gasteiger partial charge is 0.351 e. The zero-order valence-corrected chi connectivity index (χ0v) is 19.6. The molecule has 0 aliphatic carbocycles. The molecule has 2 aromatic carbocycles. The molecule has 164 valence electrons. The van der Waals surface area contributed by atoms with Crippen molar-refractivity contribution in [3.05, 3.63) is 70.9 Å². The Kier molecular flexibility index (Phi) is 6.62. The van der Waals surface area contributed by atoms with Crippen molar-refractivity contribution in [3.8, 4) is 22.6 Å². The first-order valence-corrected chi connectivity index (χ1v) is 11.4. The predicted octanol–water partition coefficient (Wildman–Crippen LogP) is 4.25. The van der Waals surface area contributed by atoms with E-state index in [4.69, 9.17) is 11.6 Å². The minimum Gasteiger partial charge on any atom is -0.351 e. The second-order valence-corrected chi connectivity index (χ2v) is 8.80. The van der Waals surface area contributed by atoms with Gasteiger partial charge >= 0.3 is 0 Å². The number of hydrogen-bond acceptors (Lipinski definition) is 5. The SMILES string of the molecule is Cc1ccc(-c2nn(C)cc2-c2nnc(SCC(=O)NCc3ccccc3Cl)n2C)cc1. The Morgan fingerprint density at radius 2 is 1.84 bits per heavy atom. The van der Waals surface area contributed by atoms with Gasteiger partial charge in [-0.05, 0) is 18.6 Å². The molecule has 0 radical (unpaired) electrons. The number of hydrogen-bond donors (Lipinski definition) is 1. The van der Waals surface area contributed by atoms with Crippen molar-refractivity contribution in [1.82, 2.24) is 29.9 Å². The van der Waals surface area contributed by atoms with Gasteiger partial charge in [0.25, 0.3) is 0 Å². The highest BCUT2D eigenvalue weighted by molar-refractivity contribution is 7.99. The summed E-state index contributed by atoms with van der Waals surface area (Å²) >= 11 is 7.48. The second kappa shape index (κ2) is 9.58. The first kappa shape index (κ1) is 22.1. The Hall–Kier alpha value is -3.10. The molecule has 2 aromatic heterocycles. The Balaban J connectivity index is 1.46. The van der Waals surface area contributed by atoms with Gasteiger partial charge in [0.05, 0.1) is 11.3 Å². The van der Waals surface area contributed by atoms with Crippen molar-refractivity contribution in [3.63, 3.8) is 0 Å². The molecule has 0 saturated heterocycles. The second-order valence-electron chi connectivity index (χ2n) is 7.45. The highest BCUT2D eigenvalue weighted by Crippen LogP contribution is 2.31. The van der Waals surface area contributed by atoms with Gasteiger partial charge in [-0.25, -0.2) is 0 Å². The number of rotatable bonds is 7. The van der Waals surface area contributed by atoms with E-state index in [1.807, 2.05) is 49.1 Å². The molecule has 7 nitrogen and oxygen atoms in total. The van der Waals surface area contributed by atoms with E-state index in [1.165, 1.54) is 17.3 Å².